The summed E-state index contributed by atoms with van der Waals surface area (Å²) in [6, 6.07) is 8.61. The largest absolute Gasteiger partial charge is 0.487 e. The second-order valence-corrected chi connectivity index (χ2v) is 11.9. The molecule has 6 rings (SSSR count). The normalized spacial score (nSPS) is 19.6. The lowest BCUT2D eigenvalue weighted by atomic mass is 9.90. The molecule has 1 N–H and O–H groups in total. The number of hydrogen-bond acceptors (Lipinski definition) is 11. The van der Waals surface area contributed by atoms with E-state index in [-0.39, 0.29) is 12.2 Å². The Labute approximate surface area is 263 Å². The van der Waals surface area contributed by atoms with E-state index in [0.29, 0.717) is 41.8 Å². The first kappa shape index (κ1) is 30.5. The van der Waals surface area contributed by atoms with E-state index in [4.69, 9.17) is 19.3 Å². The Bertz CT molecular complexity index is 1570. The van der Waals surface area contributed by atoms with Gasteiger partial charge in [0, 0.05) is 37.1 Å². The van der Waals surface area contributed by atoms with E-state index in [2.05, 4.69) is 36.3 Å². The molecule has 1 saturated carbocycles. The smallest absolute Gasteiger partial charge is 0.257 e. The van der Waals surface area contributed by atoms with Gasteiger partial charge in [0.1, 0.15) is 36.3 Å². The first-order chi connectivity index (χ1) is 21.9. The molecule has 45 heavy (non-hydrogen) atoms. The lowest BCUT2D eigenvalue weighted by Gasteiger charge is -2.38. The van der Waals surface area contributed by atoms with E-state index < -0.39 is 0 Å². The van der Waals surface area contributed by atoms with Crippen LogP contribution in [0.4, 0.5) is 11.6 Å². The van der Waals surface area contributed by atoms with Crippen molar-refractivity contribution in [3.8, 4) is 28.8 Å². The van der Waals surface area contributed by atoms with E-state index in [1.54, 1.807) is 29.5 Å². The number of aromatic nitrogens is 7. The van der Waals surface area contributed by atoms with Crippen LogP contribution in [0.3, 0.4) is 0 Å². The van der Waals surface area contributed by atoms with Gasteiger partial charge in [0.25, 0.3) is 5.88 Å². The van der Waals surface area contributed by atoms with Crippen molar-refractivity contribution in [2.45, 2.75) is 77.3 Å². The summed E-state index contributed by atoms with van der Waals surface area (Å²) in [5, 5.41) is 21.9. The van der Waals surface area contributed by atoms with E-state index in [0.717, 1.165) is 68.8 Å². The van der Waals surface area contributed by atoms with Crippen molar-refractivity contribution in [3.05, 3.63) is 55.0 Å². The Morgan fingerprint density at radius 3 is 2.47 bits per heavy atom. The average Bonchev–Trinajstić information content (AvgIpc) is 3.71. The van der Waals surface area contributed by atoms with Crippen LogP contribution in [0.5, 0.6) is 11.6 Å². The Morgan fingerprint density at radius 1 is 1.02 bits per heavy atom. The number of ether oxygens (including phenoxy) is 3. The van der Waals surface area contributed by atoms with Gasteiger partial charge in [-0.25, -0.2) is 19.6 Å². The molecule has 0 unspecified atom stereocenters. The van der Waals surface area contributed by atoms with Crippen LogP contribution in [-0.4, -0.2) is 84.0 Å². The molecule has 13 nitrogen and oxygen atoms in total. The minimum Gasteiger partial charge on any atom is -0.487 e. The standard InChI is InChI=1S/C32H40N10O3/c1-22(2)44-31-29(19-42(39-31)28-8-6-27(7-9-28)40-10-12-43-13-11-40)38-32-35-16-26(17-36-32)24-4-5-25(15-33)30(14-24)45-23(3)18-41-21-34-20-37-41/h4-5,14,16-17,19-23,27-28H,6-13,18H2,1-3H3,(H,35,36,38)/t23-,27-,28-/m0/s1. The van der Waals surface area contributed by atoms with Gasteiger partial charge in [-0.3, -0.25) is 9.58 Å². The molecule has 2 aliphatic rings. The van der Waals surface area contributed by atoms with Gasteiger partial charge < -0.3 is 19.5 Å². The third-order valence-electron chi connectivity index (χ3n) is 8.22. The maximum absolute atomic E-state index is 9.64. The second kappa shape index (κ2) is 14.0. The molecule has 3 aromatic heterocycles. The highest BCUT2D eigenvalue weighted by Crippen LogP contribution is 2.35. The molecular formula is C32H40N10O3. The summed E-state index contributed by atoms with van der Waals surface area (Å²) < 4.78 is 21.5. The Morgan fingerprint density at radius 2 is 1.78 bits per heavy atom. The van der Waals surface area contributed by atoms with Gasteiger partial charge >= 0.3 is 0 Å². The molecule has 0 spiro atoms. The fraction of sp³-hybridized carbons (Fsp3) is 0.500. The summed E-state index contributed by atoms with van der Waals surface area (Å²) in [7, 11) is 0. The van der Waals surface area contributed by atoms with E-state index in [9.17, 15) is 5.26 Å². The first-order valence-electron chi connectivity index (χ1n) is 15.7. The summed E-state index contributed by atoms with van der Waals surface area (Å²) in [4.78, 5) is 15.7. The third kappa shape index (κ3) is 7.58. The predicted molar refractivity (Wildman–Crippen MR) is 167 cm³/mol. The van der Waals surface area contributed by atoms with Gasteiger partial charge in [-0.1, -0.05) is 6.07 Å². The van der Waals surface area contributed by atoms with Crippen LogP contribution in [0.1, 0.15) is 58.1 Å². The highest BCUT2D eigenvalue weighted by molar-refractivity contribution is 5.67. The third-order valence-corrected chi connectivity index (χ3v) is 8.22. The van der Waals surface area contributed by atoms with Crippen LogP contribution in [0, 0.1) is 11.3 Å². The van der Waals surface area contributed by atoms with Crippen molar-refractivity contribution in [2.75, 3.05) is 31.6 Å². The first-order valence-corrected chi connectivity index (χ1v) is 15.7. The summed E-state index contributed by atoms with van der Waals surface area (Å²) in [5.74, 6) is 1.48. The number of nitrogens with one attached hydrogen (secondary N) is 1. The van der Waals surface area contributed by atoms with Crippen molar-refractivity contribution in [1.82, 2.24) is 39.4 Å². The van der Waals surface area contributed by atoms with Crippen molar-refractivity contribution >= 4 is 11.6 Å². The summed E-state index contributed by atoms with van der Waals surface area (Å²) in [6.07, 6.45) is 12.8. The zero-order chi connectivity index (χ0) is 31.2. The molecule has 0 amide bonds. The summed E-state index contributed by atoms with van der Waals surface area (Å²) in [5.41, 5.74) is 2.83. The summed E-state index contributed by atoms with van der Waals surface area (Å²) in [6.45, 7) is 10.1. The van der Waals surface area contributed by atoms with Crippen LogP contribution in [0.2, 0.25) is 0 Å². The van der Waals surface area contributed by atoms with Gasteiger partial charge in [-0.15, -0.1) is 5.10 Å². The van der Waals surface area contributed by atoms with E-state index in [1.165, 1.54) is 6.33 Å². The van der Waals surface area contributed by atoms with Crippen molar-refractivity contribution in [3.63, 3.8) is 0 Å². The minimum atomic E-state index is -0.222. The highest BCUT2D eigenvalue weighted by atomic mass is 16.5. The van der Waals surface area contributed by atoms with Gasteiger partial charge in [0.05, 0.1) is 43.7 Å². The van der Waals surface area contributed by atoms with Crippen molar-refractivity contribution in [1.29, 1.82) is 5.26 Å². The minimum absolute atomic E-state index is 0.0269. The number of benzene rings is 1. The van der Waals surface area contributed by atoms with Gasteiger partial charge in [-0.2, -0.15) is 10.4 Å². The molecular weight excluding hydrogens is 572 g/mol. The molecule has 2 fully saturated rings. The quantitative estimate of drug-likeness (QED) is 0.254. The Kier molecular flexibility index (Phi) is 9.52. The van der Waals surface area contributed by atoms with Crippen LogP contribution in [0.15, 0.2) is 49.4 Å². The maximum atomic E-state index is 9.64. The van der Waals surface area contributed by atoms with Crippen LogP contribution in [-0.2, 0) is 11.3 Å². The summed E-state index contributed by atoms with van der Waals surface area (Å²) >= 11 is 0. The molecule has 13 heteroatoms. The molecule has 236 valence electrons. The van der Waals surface area contributed by atoms with Gasteiger partial charge in [-0.05, 0) is 64.2 Å². The van der Waals surface area contributed by atoms with Crippen LogP contribution in [0.25, 0.3) is 11.1 Å². The lowest BCUT2D eigenvalue weighted by molar-refractivity contribution is 0.00502. The van der Waals surface area contributed by atoms with Crippen molar-refractivity contribution in [2.24, 2.45) is 0 Å². The number of nitriles is 1. The topological polar surface area (TPSA) is 141 Å². The maximum Gasteiger partial charge on any atom is 0.257 e. The zero-order valence-electron chi connectivity index (χ0n) is 26.0. The van der Waals surface area contributed by atoms with Crippen molar-refractivity contribution < 1.29 is 14.2 Å². The highest BCUT2D eigenvalue weighted by Gasteiger charge is 2.29. The van der Waals surface area contributed by atoms with Crippen LogP contribution >= 0.6 is 0 Å². The SMILES string of the molecule is CC(C)Oc1nn([C@H]2CC[C@H](N3CCOCC3)CC2)cc1Nc1ncc(-c2ccc(C#N)c(O[C@@H](C)Cn3cncn3)c2)cn1. The zero-order valence-corrected chi connectivity index (χ0v) is 26.0. The second-order valence-electron chi connectivity index (χ2n) is 11.9. The average molecular weight is 613 g/mol. The molecule has 4 heterocycles. The Balaban J connectivity index is 1.13. The number of morpholine rings is 1. The van der Waals surface area contributed by atoms with Gasteiger partial charge in [0.2, 0.25) is 5.95 Å². The van der Waals surface area contributed by atoms with Crippen LogP contribution < -0.4 is 14.8 Å². The molecule has 1 aromatic carbocycles. The van der Waals surface area contributed by atoms with E-state index >= 15 is 0 Å². The molecule has 0 radical (unpaired) electrons. The lowest BCUT2D eigenvalue weighted by Crippen LogP contribution is -2.45. The monoisotopic (exact) mass is 612 g/mol. The number of nitrogens with zero attached hydrogens (tertiary/aromatic N) is 9. The molecule has 0 bridgehead atoms. The molecule has 4 aromatic rings. The fourth-order valence-corrected chi connectivity index (χ4v) is 5.99. The molecule has 1 atom stereocenters. The fourth-order valence-electron chi connectivity index (χ4n) is 5.99. The number of anilines is 2. The Hall–Kier alpha value is -4.54. The molecule has 1 aliphatic heterocycles. The number of rotatable bonds is 11. The predicted octanol–water partition coefficient (Wildman–Crippen LogP) is 4.62. The number of hydrogen-bond donors (Lipinski definition) is 1. The van der Waals surface area contributed by atoms with Gasteiger partial charge in [0.15, 0.2) is 0 Å². The van der Waals surface area contributed by atoms with E-state index in [1.807, 2.05) is 43.8 Å². The molecule has 1 saturated heterocycles. The molecule has 1 aliphatic carbocycles.